The van der Waals surface area contributed by atoms with Crippen LogP contribution in [0, 0.1) is 0 Å². The van der Waals surface area contributed by atoms with Gasteiger partial charge in [0.15, 0.2) is 0 Å². The summed E-state index contributed by atoms with van der Waals surface area (Å²) >= 11 is 0. The van der Waals surface area contributed by atoms with Gasteiger partial charge in [0.1, 0.15) is 0 Å². The highest BCUT2D eigenvalue weighted by atomic mass is 16.1. The van der Waals surface area contributed by atoms with E-state index in [1.807, 2.05) is 0 Å². The van der Waals surface area contributed by atoms with Crippen LogP contribution in [-0.2, 0) is 4.79 Å². The molecule has 0 fully saturated rings. The van der Waals surface area contributed by atoms with E-state index in [0.717, 1.165) is 25.7 Å². The maximum atomic E-state index is 10.7. The molecule has 0 saturated carbocycles. The Bertz CT molecular complexity index is 196. The second kappa shape index (κ2) is 4.29. The molecule has 0 radical (unpaired) electrons. The van der Waals surface area contributed by atoms with E-state index >= 15 is 0 Å². The van der Waals surface area contributed by atoms with Crippen molar-refractivity contribution < 1.29 is 4.79 Å². The minimum absolute atomic E-state index is 0.0911. The Hall–Kier alpha value is -0.790. The van der Waals surface area contributed by atoms with E-state index in [-0.39, 0.29) is 5.91 Å². The molecule has 1 unspecified atom stereocenters. The molecule has 1 atom stereocenters. The first-order chi connectivity index (χ1) is 5.72. The predicted molar refractivity (Wildman–Crippen MR) is 49.8 cm³/mol. The Balaban J connectivity index is 2.35. The summed E-state index contributed by atoms with van der Waals surface area (Å²) in [7, 11) is 0. The summed E-state index contributed by atoms with van der Waals surface area (Å²) in [6.07, 6.45) is 6.71. The van der Waals surface area contributed by atoms with Crippen molar-refractivity contribution in [3.05, 3.63) is 11.6 Å². The van der Waals surface area contributed by atoms with Crippen LogP contribution in [0.2, 0.25) is 0 Å². The van der Waals surface area contributed by atoms with Crippen LogP contribution in [0.4, 0.5) is 0 Å². The number of allylic oxidation sites excluding steroid dienone is 1. The average molecular weight is 167 g/mol. The molecule has 12 heavy (non-hydrogen) atoms. The third-order valence-electron chi connectivity index (χ3n) is 2.37. The maximum absolute atomic E-state index is 10.7. The highest BCUT2D eigenvalue weighted by molar-refractivity contribution is 5.73. The fraction of sp³-hybridized carbons (Fsp3) is 0.700. The van der Waals surface area contributed by atoms with Crippen molar-refractivity contribution in [3.63, 3.8) is 0 Å². The smallest absolute Gasteiger partial charge is 0.217 e. The highest BCUT2D eigenvalue weighted by Crippen LogP contribution is 2.20. The largest absolute Gasteiger partial charge is 0.353 e. The van der Waals surface area contributed by atoms with E-state index in [1.165, 1.54) is 5.57 Å². The van der Waals surface area contributed by atoms with Gasteiger partial charge in [0.05, 0.1) is 0 Å². The summed E-state index contributed by atoms with van der Waals surface area (Å²) in [4.78, 5) is 10.7. The van der Waals surface area contributed by atoms with E-state index < -0.39 is 0 Å². The van der Waals surface area contributed by atoms with Crippen LogP contribution in [0.3, 0.4) is 0 Å². The number of hydrogen-bond donors (Lipinski definition) is 1. The molecule has 1 aliphatic carbocycles. The molecule has 0 aromatic carbocycles. The molecule has 1 amide bonds. The van der Waals surface area contributed by atoms with Gasteiger partial charge in [-0.25, -0.2) is 0 Å². The van der Waals surface area contributed by atoms with E-state index in [0.29, 0.717) is 6.04 Å². The molecule has 2 nitrogen and oxygen atoms in total. The van der Waals surface area contributed by atoms with Gasteiger partial charge in [0.2, 0.25) is 5.91 Å². The lowest BCUT2D eigenvalue weighted by molar-refractivity contribution is -0.119. The van der Waals surface area contributed by atoms with Crippen LogP contribution in [0.25, 0.3) is 0 Å². The van der Waals surface area contributed by atoms with Crippen LogP contribution in [0.1, 0.15) is 39.5 Å². The van der Waals surface area contributed by atoms with Gasteiger partial charge in [0.25, 0.3) is 0 Å². The van der Waals surface area contributed by atoms with Crippen molar-refractivity contribution in [1.82, 2.24) is 5.32 Å². The molecule has 0 bridgehead atoms. The Morgan fingerprint density at radius 1 is 1.75 bits per heavy atom. The molecule has 0 saturated heterocycles. The van der Waals surface area contributed by atoms with Gasteiger partial charge in [-0.15, -0.1) is 0 Å². The molecular formula is C10H17NO. The maximum Gasteiger partial charge on any atom is 0.217 e. The van der Waals surface area contributed by atoms with Crippen LogP contribution >= 0.6 is 0 Å². The lowest BCUT2D eigenvalue weighted by atomic mass is 9.94. The third-order valence-corrected chi connectivity index (χ3v) is 2.37. The van der Waals surface area contributed by atoms with E-state index in [1.54, 1.807) is 6.92 Å². The number of rotatable bonds is 2. The number of amides is 1. The molecule has 1 N–H and O–H groups in total. The molecule has 1 rings (SSSR count). The topological polar surface area (TPSA) is 29.1 Å². The second-order valence-electron chi connectivity index (χ2n) is 3.39. The SMILES string of the molecule is CCC1=CCC(NC(C)=O)CC1. The summed E-state index contributed by atoms with van der Waals surface area (Å²) in [6.45, 7) is 3.77. The second-order valence-corrected chi connectivity index (χ2v) is 3.39. The van der Waals surface area contributed by atoms with Gasteiger partial charge < -0.3 is 5.32 Å². The molecule has 1 aliphatic rings. The van der Waals surface area contributed by atoms with Gasteiger partial charge in [-0.3, -0.25) is 4.79 Å². The fourth-order valence-corrected chi connectivity index (χ4v) is 1.63. The minimum Gasteiger partial charge on any atom is -0.353 e. The number of hydrogen-bond acceptors (Lipinski definition) is 1. The Morgan fingerprint density at radius 2 is 2.50 bits per heavy atom. The van der Waals surface area contributed by atoms with Crippen molar-refractivity contribution >= 4 is 5.91 Å². The standard InChI is InChI=1S/C10H17NO/c1-3-9-4-6-10(7-5-9)11-8(2)12/h4,10H,3,5-7H2,1-2H3,(H,11,12). The van der Waals surface area contributed by atoms with Crippen LogP contribution in [0.5, 0.6) is 0 Å². The van der Waals surface area contributed by atoms with Gasteiger partial charge in [0, 0.05) is 13.0 Å². The fourth-order valence-electron chi connectivity index (χ4n) is 1.63. The van der Waals surface area contributed by atoms with Crippen molar-refractivity contribution in [2.24, 2.45) is 0 Å². The average Bonchev–Trinajstić information content (AvgIpc) is 2.05. The molecule has 0 heterocycles. The first-order valence-electron chi connectivity index (χ1n) is 4.67. The summed E-state index contributed by atoms with van der Waals surface area (Å²) in [6, 6.07) is 0.387. The van der Waals surface area contributed by atoms with Crippen LogP contribution < -0.4 is 5.32 Å². The van der Waals surface area contributed by atoms with Gasteiger partial charge >= 0.3 is 0 Å². The first kappa shape index (κ1) is 9.30. The molecule has 0 spiro atoms. The van der Waals surface area contributed by atoms with Crippen molar-refractivity contribution in [1.29, 1.82) is 0 Å². The van der Waals surface area contributed by atoms with Crippen LogP contribution in [0.15, 0.2) is 11.6 Å². The summed E-state index contributed by atoms with van der Waals surface area (Å²) in [5.74, 6) is 0.0911. The van der Waals surface area contributed by atoms with Gasteiger partial charge in [-0.05, 0) is 25.7 Å². The third kappa shape index (κ3) is 2.68. The van der Waals surface area contributed by atoms with Crippen molar-refractivity contribution in [2.75, 3.05) is 0 Å². The molecule has 0 aliphatic heterocycles. The van der Waals surface area contributed by atoms with Crippen molar-refractivity contribution in [2.45, 2.75) is 45.6 Å². The Morgan fingerprint density at radius 3 is 2.92 bits per heavy atom. The number of carbonyl (C=O) groups excluding carboxylic acids is 1. The molecule has 68 valence electrons. The first-order valence-corrected chi connectivity index (χ1v) is 4.67. The molecular weight excluding hydrogens is 150 g/mol. The van der Waals surface area contributed by atoms with Crippen molar-refractivity contribution in [3.8, 4) is 0 Å². The van der Waals surface area contributed by atoms with Crippen LogP contribution in [-0.4, -0.2) is 11.9 Å². The van der Waals surface area contributed by atoms with Gasteiger partial charge in [-0.2, -0.15) is 0 Å². The lowest BCUT2D eigenvalue weighted by Gasteiger charge is -2.21. The highest BCUT2D eigenvalue weighted by Gasteiger charge is 2.13. The Labute approximate surface area is 74.0 Å². The molecule has 0 aromatic heterocycles. The normalized spacial score (nSPS) is 23.2. The quantitative estimate of drug-likeness (QED) is 0.626. The molecule has 0 aromatic rings. The van der Waals surface area contributed by atoms with E-state index in [9.17, 15) is 4.79 Å². The zero-order valence-corrected chi connectivity index (χ0v) is 7.89. The van der Waals surface area contributed by atoms with Gasteiger partial charge in [-0.1, -0.05) is 18.6 Å². The summed E-state index contributed by atoms with van der Waals surface area (Å²) in [5, 5.41) is 2.94. The lowest BCUT2D eigenvalue weighted by Crippen LogP contribution is -2.33. The minimum atomic E-state index is 0.0911. The zero-order valence-electron chi connectivity index (χ0n) is 7.89. The Kier molecular flexibility index (Phi) is 3.32. The number of nitrogens with one attached hydrogen (secondary N) is 1. The molecule has 2 heteroatoms. The van der Waals surface area contributed by atoms with E-state index in [2.05, 4.69) is 18.3 Å². The number of carbonyl (C=O) groups is 1. The summed E-state index contributed by atoms with van der Waals surface area (Å²) < 4.78 is 0. The zero-order chi connectivity index (χ0) is 8.97. The summed E-state index contributed by atoms with van der Waals surface area (Å²) in [5.41, 5.74) is 1.54. The monoisotopic (exact) mass is 167 g/mol. The predicted octanol–water partition coefficient (Wildman–Crippen LogP) is 2.01. The van der Waals surface area contributed by atoms with E-state index in [4.69, 9.17) is 0 Å².